The number of methoxy groups -OCH3 is 1. The Morgan fingerprint density at radius 1 is 1.06 bits per heavy atom. The maximum Gasteiger partial charge on any atom is 0.230 e. The number of aromatic nitrogens is 3. The van der Waals surface area contributed by atoms with Crippen LogP contribution in [-0.4, -0.2) is 57.9 Å². The Morgan fingerprint density at radius 2 is 1.78 bits per heavy atom. The van der Waals surface area contributed by atoms with Gasteiger partial charge in [-0.3, -0.25) is 4.90 Å². The van der Waals surface area contributed by atoms with Crippen LogP contribution < -0.4 is 9.64 Å². The minimum Gasteiger partial charge on any atom is -0.497 e. The van der Waals surface area contributed by atoms with Crippen LogP contribution in [0.3, 0.4) is 0 Å². The minimum atomic E-state index is -0.203. The molecule has 5 rings (SSSR count). The second kappa shape index (κ2) is 8.40. The van der Waals surface area contributed by atoms with Crippen LogP contribution in [0.2, 0.25) is 0 Å². The largest absolute Gasteiger partial charge is 0.497 e. The number of fused-ring (bicyclic) bond motifs is 1. The lowest BCUT2D eigenvalue weighted by atomic mass is 10.0. The Labute approximate surface area is 189 Å². The van der Waals surface area contributed by atoms with Crippen LogP contribution in [-0.2, 0) is 0 Å². The number of hydrogen-bond donors (Lipinski definition) is 1. The van der Waals surface area contributed by atoms with Crippen molar-refractivity contribution in [1.29, 1.82) is 0 Å². The van der Waals surface area contributed by atoms with E-state index in [0.717, 1.165) is 29.3 Å². The lowest BCUT2D eigenvalue weighted by Gasteiger charge is -2.40. The molecule has 1 N–H and O–H groups in total. The van der Waals surface area contributed by atoms with Gasteiger partial charge in [-0.15, -0.1) is 5.10 Å². The third-order valence-electron chi connectivity index (χ3n) is 5.86. The summed E-state index contributed by atoms with van der Waals surface area (Å²) in [6.07, 6.45) is 0. The smallest absolute Gasteiger partial charge is 0.230 e. The van der Waals surface area contributed by atoms with Crippen LogP contribution in [0.25, 0.3) is 4.96 Å². The number of halogens is 1. The summed E-state index contributed by atoms with van der Waals surface area (Å²) in [5.74, 6) is 1.31. The van der Waals surface area contributed by atoms with Crippen LogP contribution in [0.5, 0.6) is 11.6 Å². The van der Waals surface area contributed by atoms with E-state index in [-0.39, 0.29) is 17.7 Å². The van der Waals surface area contributed by atoms with E-state index in [9.17, 15) is 9.50 Å². The van der Waals surface area contributed by atoms with Gasteiger partial charge in [0, 0.05) is 26.2 Å². The van der Waals surface area contributed by atoms with E-state index in [1.165, 1.54) is 21.9 Å². The summed E-state index contributed by atoms with van der Waals surface area (Å²) in [5.41, 5.74) is 1.67. The van der Waals surface area contributed by atoms with Gasteiger partial charge in [-0.05, 0) is 36.8 Å². The van der Waals surface area contributed by atoms with E-state index in [1.807, 2.05) is 43.3 Å². The fraction of sp³-hybridized carbons (Fsp3) is 0.304. The SMILES string of the molecule is COc1ccc([C@H](c2sc3nc(C)nn3c2O)N2CCN(c3ccccc3F)CC2)cc1. The Morgan fingerprint density at radius 3 is 2.44 bits per heavy atom. The number of nitrogens with zero attached hydrogens (tertiary/aromatic N) is 5. The predicted octanol–water partition coefficient (Wildman–Crippen LogP) is 3.86. The van der Waals surface area contributed by atoms with E-state index in [4.69, 9.17) is 4.74 Å². The van der Waals surface area contributed by atoms with Crippen LogP contribution >= 0.6 is 11.3 Å². The van der Waals surface area contributed by atoms with E-state index in [2.05, 4.69) is 19.9 Å². The molecule has 9 heteroatoms. The first kappa shape index (κ1) is 20.7. The van der Waals surface area contributed by atoms with Crippen molar-refractivity contribution >= 4 is 22.0 Å². The molecule has 0 saturated carbocycles. The Kier molecular flexibility index (Phi) is 5.44. The number of thiazole rings is 1. The van der Waals surface area contributed by atoms with Gasteiger partial charge in [-0.2, -0.15) is 4.52 Å². The number of anilines is 1. The number of aryl methyl sites for hydroxylation is 1. The number of ether oxygens (including phenoxy) is 1. The number of piperazine rings is 1. The zero-order valence-electron chi connectivity index (χ0n) is 17.9. The molecule has 1 atom stereocenters. The normalized spacial score (nSPS) is 15.9. The van der Waals surface area contributed by atoms with Crippen molar-refractivity contribution in [1.82, 2.24) is 19.5 Å². The first-order chi connectivity index (χ1) is 15.5. The first-order valence-corrected chi connectivity index (χ1v) is 11.3. The average molecular weight is 454 g/mol. The Hall–Kier alpha value is -3.17. The van der Waals surface area contributed by atoms with Crippen molar-refractivity contribution in [2.45, 2.75) is 13.0 Å². The highest BCUT2D eigenvalue weighted by atomic mass is 32.1. The van der Waals surface area contributed by atoms with Crippen LogP contribution in [0.15, 0.2) is 48.5 Å². The minimum absolute atomic E-state index is 0.114. The van der Waals surface area contributed by atoms with Crippen molar-refractivity contribution in [2.24, 2.45) is 0 Å². The van der Waals surface area contributed by atoms with Crippen LogP contribution in [0.4, 0.5) is 10.1 Å². The number of rotatable bonds is 5. The van der Waals surface area contributed by atoms with Gasteiger partial charge in [0.2, 0.25) is 10.8 Å². The second-order valence-electron chi connectivity index (χ2n) is 7.79. The van der Waals surface area contributed by atoms with Gasteiger partial charge < -0.3 is 14.7 Å². The van der Waals surface area contributed by atoms with Gasteiger partial charge in [0.1, 0.15) is 17.4 Å². The topological polar surface area (TPSA) is 66.1 Å². The number of benzene rings is 2. The molecular formula is C23H24FN5O2S. The molecule has 0 bridgehead atoms. The fourth-order valence-corrected chi connectivity index (χ4v) is 5.43. The quantitative estimate of drug-likeness (QED) is 0.495. The van der Waals surface area contributed by atoms with E-state index in [0.29, 0.717) is 29.6 Å². The molecule has 1 saturated heterocycles. The second-order valence-corrected chi connectivity index (χ2v) is 8.80. The molecule has 4 aromatic rings. The fourth-order valence-electron chi connectivity index (χ4n) is 4.27. The molecule has 0 spiro atoms. The lowest BCUT2D eigenvalue weighted by Crippen LogP contribution is -2.48. The lowest BCUT2D eigenvalue weighted by molar-refractivity contribution is 0.210. The molecule has 1 fully saturated rings. The number of aromatic hydroxyl groups is 1. The molecule has 166 valence electrons. The monoisotopic (exact) mass is 453 g/mol. The maximum atomic E-state index is 14.3. The summed E-state index contributed by atoms with van der Waals surface area (Å²) in [6.45, 7) is 4.62. The van der Waals surface area contributed by atoms with Gasteiger partial charge >= 0.3 is 0 Å². The van der Waals surface area contributed by atoms with Gasteiger partial charge in [0.25, 0.3) is 0 Å². The van der Waals surface area contributed by atoms with Crippen molar-refractivity contribution in [3.63, 3.8) is 0 Å². The molecule has 7 nitrogen and oxygen atoms in total. The highest BCUT2D eigenvalue weighted by Gasteiger charge is 2.32. The summed E-state index contributed by atoms with van der Waals surface area (Å²) in [4.78, 5) is 10.3. The summed E-state index contributed by atoms with van der Waals surface area (Å²) >= 11 is 1.44. The summed E-state index contributed by atoms with van der Waals surface area (Å²) < 4.78 is 21.1. The van der Waals surface area contributed by atoms with Crippen molar-refractivity contribution in [3.05, 3.63) is 70.6 Å². The molecule has 32 heavy (non-hydrogen) atoms. The molecule has 0 unspecified atom stereocenters. The Balaban J connectivity index is 1.48. The molecule has 0 aliphatic carbocycles. The van der Waals surface area contributed by atoms with E-state index in [1.54, 1.807) is 13.2 Å². The van der Waals surface area contributed by atoms with Gasteiger partial charge in [0.15, 0.2) is 0 Å². The maximum absolute atomic E-state index is 14.3. The summed E-state index contributed by atoms with van der Waals surface area (Å²) in [5, 5.41) is 15.3. The highest BCUT2D eigenvalue weighted by Crippen LogP contribution is 2.40. The number of para-hydroxylation sites is 1. The third-order valence-corrected chi connectivity index (χ3v) is 6.93. The summed E-state index contributed by atoms with van der Waals surface area (Å²) in [6, 6.07) is 14.6. The molecule has 1 aliphatic heterocycles. The molecular weight excluding hydrogens is 429 g/mol. The Bertz CT molecular complexity index is 1230. The first-order valence-electron chi connectivity index (χ1n) is 10.5. The van der Waals surface area contributed by atoms with E-state index < -0.39 is 0 Å². The average Bonchev–Trinajstić information content (AvgIpc) is 3.32. The van der Waals surface area contributed by atoms with Crippen LogP contribution in [0, 0.1) is 12.7 Å². The molecule has 2 aromatic heterocycles. The molecule has 0 radical (unpaired) electrons. The van der Waals surface area contributed by atoms with Gasteiger partial charge in [0.05, 0.1) is 23.7 Å². The molecule has 2 aromatic carbocycles. The summed E-state index contributed by atoms with van der Waals surface area (Å²) in [7, 11) is 1.64. The van der Waals surface area contributed by atoms with Crippen molar-refractivity contribution in [2.75, 3.05) is 38.2 Å². The van der Waals surface area contributed by atoms with E-state index >= 15 is 0 Å². The zero-order valence-corrected chi connectivity index (χ0v) is 18.7. The van der Waals surface area contributed by atoms with Crippen molar-refractivity contribution in [3.8, 4) is 11.6 Å². The molecule has 3 heterocycles. The van der Waals surface area contributed by atoms with Gasteiger partial charge in [-0.25, -0.2) is 9.37 Å². The van der Waals surface area contributed by atoms with Gasteiger partial charge in [-0.1, -0.05) is 35.6 Å². The highest BCUT2D eigenvalue weighted by molar-refractivity contribution is 7.17. The predicted molar refractivity (Wildman–Crippen MR) is 122 cm³/mol. The van der Waals surface area contributed by atoms with Crippen LogP contribution in [0.1, 0.15) is 22.3 Å². The standard InChI is InChI=1S/C23H24FN5O2S/c1-15-25-23-29(26-15)22(30)21(32-23)20(16-7-9-17(31-2)10-8-16)28-13-11-27(12-14-28)19-6-4-3-5-18(19)24/h3-10,20,30H,11-14H2,1-2H3/t20-/m1/s1. The number of hydrogen-bond acceptors (Lipinski definition) is 7. The molecule has 0 amide bonds. The zero-order chi connectivity index (χ0) is 22.2. The molecule has 1 aliphatic rings. The van der Waals surface area contributed by atoms with Crippen molar-refractivity contribution < 1.29 is 14.2 Å². The third kappa shape index (κ3) is 3.67.